The van der Waals surface area contributed by atoms with Crippen LogP contribution in [-0.4, -0.2) is 47.0 Å². The molecule has 154 valence electrons. The van der Waals surface area contributed by atoms with Gasteiger partial charge in [-0.2, -0.15) is 5.10 Å². The van der Waals surface area contributed by atoms with Crippen LogP contribution in [-0.2, 0) is 9.53 Å². The lowest BCUT2D eigenvalue weighted by molar-refractivity contribution is -0.119. The van der Waals surface area contributed by atoms with Gasteiger partial charge in [-0.3, -0.25) is 14.6 Å². The normalized spacial score (nSPS) is 14.9. The van der Waals surface area contributed by atoms with Gasteiger partial charge in [0.2, 0.25) is 5.91 Å². The summed E-state index contributed by atoms with van der Waals surface area (Å²) < 4.78 is 6.57. The predicted octanol–water partition coefficient (Wildman–Crippen LogP) is 2.34. The van der Waals surface area contributed by atoms with E-state index in [0.717, 1.165) is 37.6 Å². The van der Waals surface area contributed by atoms with E-state index in [1.54, 1.807) is 31.5 Å². The smallest absolute Gasteiger partial charge is 0.267 e. The zero-order chi connectivity index (χ0) is 20.9. The predicted molar refractivity (Wildman–Crippen MR) is 115 cm³/mol. The maximum Gasteiger partial charge on any atom is 0.267 e. The third kappa shape index (κ3) is 4.38. The van der Waals surface area contributed by atoms with Crippen molar-refractivity contribution in [2.75, 3.05) is 36.5 Å². The van der Waals surface area contributed by atoms with Crippen molar-refractivity contribution in [1.29, 1.82) is 0 Å². The molecular formula is C22H23N5O3. The van der Waals surface area contributed by atoms with E-state index in [0.29, 0.717) is 11.4 Å². The molecule has 1 atom stereocenters. The second-order valence-corrected chi connectivity index (χ2v) is 7.05. The molecule has 3 heterocycles. The van der Waals surface area contributed by atoms with Crippen molar-refractivity contribution in [2.24, 2.45) is 0 Å². The van der Waals surface area contributed by atoms with Crippen molar-refractivity contribution in [3.05, 3.63) is 71.3 Å². The summed E-state index contributed by atoms with van der Waals surface area (Å²) in [6.45, 7) is 4.79. The number of carbonyl (C=O) groups excluding carboxylic acids is 1. The summed E-state index contributed by atoms with van der Waals surface area (Å²) in [5, 5.41) is 7.23. The molecule has 4 rings (SSSR count). The standard InChI is InChI=1S/C22H23N5O3/c1-16(27-21(28)9-8-20(25-27)17-3-2-10-23-15-17)22(29)24-18-4-6-19(7-5-18)26-11-13-30-14-12-26/h2-10,15-16H,11-14H2,1H3,(H,24,29). The van der Waals surface area contributed by atoms with Crippen LogP contribution < -0.4 is 15.8 Å². The van der Waals surface area contributed by atoms with Crippen LogP contribution in [0, 0.1) is 0 Å². The van der Waals surface area contributed by atoms with Gasteiger partial charge in [-0.1, -0.05) is 0 Å². The fourth-order valence-electron chi connectivity index (χ4n) is 3.31. The number of hydrogen-bond donors (Lipinski definition) is 1. The minimum Gasteiger partial charge on any atom is -0.378 e. The molecule has 0 bridgehead atoms. The molecule has 1 aliphatic heterocycles. The number of nitrogens with one attached hydrogen (secondary N) is 1. The van der Waals surface area contributed by atoms with Crippen LogP contribution in [0.3, 0.4) is 0 Å². The third-order valence-corrected chi connectivity index (χ3v) is 5.04. The van der Waals surface area contributed by atoms with Crippen molar-refractivity contribution < 1.29 is 9.53 Å². The van der Waals surface area contributed by atoms with Gasteiger partial charge in [0, 0.05) is 48.5 Å². The molecule has 1 unspecified atom stereocenters. The van der Waals surface area contributed by atoms with Crippen molar-refractivity contribution in [1.82, 2.24) is 14.8 Å². The van der Waals surface area contributed by atoms with Crippen molar-refractivity contribution in [3.8, 4) is 11.3 Å². The zero-order valence-electron chi connectivity index (χ0n) is 16.7. The summed E-state index contributed by atoms with van der Waals surface area (Å²) >= 11 is 0. The van der Waals surface area contributed by atoms with Gasteiger partial charge in [0.25, 0.3) is 5.56 Å². The van der Waals surface area contributed by atoms with Gasteiger partial charge in [-0.15, -0.1) is 0 Å². The Morgan fingerprint density at radius 3 is 2.57 bits per heavy atom. The van der Waals surface area contributed by atoms with Crippen LogP contribution in [0.15, 0.2) is 65.7 Å². The maximum atomic E-state index is 12.7. The average molecular weight is 405 g/mol. The van der Waals surface area contributed by atoms with Crippen LogP contribution in [0.2, 0.25) is 0 Å². The van der Waals surface area contributed by atoms with Crippen LogP contribution in [0.5, 0.6) is 0 Å². The van der Waals surface area contributed by atoms with E-state index in [2.05, 4.69) is 20.3 Å². The summed E-state index contributed by atoms with van der Waals surface area (Å²) in [7, 11) is 0. The second-order valence-electron chi connectivity index (χ2n) is 7.05. The molecule has 8 nitrogen and oxygen atoms in total. The Balaban J connectivity index is 1.48. The van der Waals surface area contributed by atoms with Gasteiger partial charge >= 0.3 is 0 Å². The summed E-state index contributed by atoms with van der Waals surface area (Å²) in [6.07, 6.45) is 3.33. The van der Waals surface area contributed by atoms with Gasteiger partial charge in [0.05, 0.1) is 18.9 Å². The molecule has 1 fully saturated rings. The molecule has 2 aromatic heterocycles. The Morgan fingerprint density at radius 2 is 1.87 bits per heavy atom. The highest BCUT2D eigenvalue weighted by Gasteiger charge is 2.19. The number of rotatable bonds is 5. The molecule has 1 aliphatic rings. The number of benzene rings is 1. The molecule has 0 radical (unpaired) electrons. The van der Waals surface area contributed by atoms with Crippen molar-refractivity contribution in [2.45, 2.75) is 13.0 Å². The first-order valence-electron chi connectivity index (χ1n) is 9.86. The quantitative estimate of drug-likeness (QED) is 0.701. The van der Waals surface area contributed by atoms with E-state index in [-0.39, 0.29) is 11.5 Å². The first kappa shape index (κ1) is 19.8. The Labute approximate surface area is 174 Å². The van der Waals surface area contributed by atoms with Crippen LogP contribution >= 0.6 is 0 Å². The summed E-state index contributed by atoms with van der Waals surface area (Å²) in [4.78, 5) is 31.4. The highest BCUT2D eigenvalue weighted by Crippen LogP contribution is 2.20. The number of hydrogen-bond acceptors (Lipinski definition) is 6. The lowest BCUT2D eigenvalue weighted by Crippen LogP contribution is -2.36. The minimum absolute atomic E-state index is 0.313. The molecule has 30 heavy (non-hydrogen) atoms. The SMILES string of the molecule is CC(C(=O)Nc1ccc(N2CCOCC2)cc1)n1nc(-c2cccnc2)ccc1=O. The van der Waals surface area contributed by atoms with E-state index >= 15 is 0 Å². The number of ether oxygens (including phenoxy) is 1. The Morgan fingerprint density at radius 1 is 1.10 bits per heavy atom. The van der Waals surface area contributed by atoms with E-state index < -0.39 is 6.04 Å². The Kier molecular flexibility index (Phi) is 5.85. The molecule has 1 N–H and O–H groups in total. The molecule has 1 amide bonds. The van der Waals surface area contributed by atoms with E-state index in [1.807, 2.05) is 30.3 Å². The summed E-state index contributed by atoms with van der Waals surface area (Å²) in [5.41, 5.74) is 2.77. The zero-order valence-corrected chi connectivity index (χ0v) is 16.7. The van der Waals surface area contributed by atoms with Gasteiger partial charge in [-0.05, 0) is 49.4 Å². The molecule has 0 spiro atoms. The van der Waals surface area contributed by atoms with Gasteiger partial charge < -0.3 is 15.0 Å². The maximum absolute atomic E-state index is 12.7. The van der Waals surface area contributed by atoms with Crippen molar-refractivity contribution >= 4 is 17.3 Å². The van der Waals surface area contributed by atoms with Crippen LogP contribution in [0.25, 0.3) is 11.3 Å². The lowest BCUT2D eigenvalue weighted by atomic mass is 10.2. The topological polar surface area (TPSA) is 89.3 Å². The summed E-state index contributed by atoms with van der Waals surface area (Å²) in [6, 6.07) is 13.6. The first-order chi connectivity index (χ1) is 14.6. The minimum atomic E-state index is -0.770. The number of amides is 1. The number of morpholine rings is 1. The Hall–Kier alpha value is -3.52. The number of nitrogens with zero attached hydrogens (tertiary/aromatic N) is 4. The molecule has 0 aliphatic carbocycles. The molecule has 1 saturated heterocycles. The van der Waals surface area contributed by atoms with Gasteiger partial charge in [0.15, 0.2) is 0 Å². The first-order valence-corrected chi connectivity index (χ1v) is 9.86. The van der Waals surface area contributed by atoms with Crippen molar-refractivity contribution in [3.63, 3.8) is 0 Å². The highest BCUT2D eigenvalue weighted by atomic mass is 16.5. The molecule has 0 saturated carbocycles. The molecule has 1 aromatic carbocycles. The lowest BCUT2D eigenvalue weighted by Gasteiger charge is -2.29. The number of aromatic nitrogens is 3. The number of anilines is 2. The van der Waals surface area contributed by atoms with E-state index in [9.17, 15) is 9.59 Å². The molecule has 8 heteroatoms. The van der Waals surface area contributed by atoms with Crippen LogP contribution in [0.4, 0.5) is 11.4 Å². The number of carbonyl (C=O) groups is 1. The second kappa shape index (κ2) is 8.87. The third-order valence-electron chi connectivity index (χ3n) is 5.04. The average Bonchev–Trinajstić information content (AvgIpc) is 2.80. The van der Waals surface area contributed by atoms with E-state index in [1.165, 1.54) is 10.7 Å². The summed E-state index contributed by atoms with van der Waals surface area (Å²) in [5.74, 6) is -0.313. The Bertz CT molecular complexity index is 1060. The monoisotopic (exact) mass is 405 g/mol. The van der Waals surface area contributed by atoms with E-state index in [4.69, 9.17) is 4.74 Å². The van der Waals surface area contributed by atoms with Gasteiger partial charge in [-0.25, -0.2) is 4.68 Å². The highest BCUT2D eigenvalue weighted by molar-refractivity contribution is 5.93. The molecule has 3 aromatic rings. The fraction of sp³-hybridized carbons (Fsp3) is 0.273. The fourth-order valence-corrected chi connectivity index (χ4v) is 3.31. The number of pyridine rings is 1. The largest absolute Gasteiger partial charge is 0.378 e. The van der Waals surface area contributed by atoms with Crippen LogP contribution in [0.1, 0.15) is 13.0 Å². The van der Waals surface area contributed by atoms with Gasteiger partial charge in [0.1, 0.15) is 6.04 Å². The molecular weight excluding hydrogens is 382 g/mol.